The number of thiophene rings is 1. The predicted molar refractivity (Wildman–Crippen MR) is 225 cm³/mol. The van der Waals surface area contributed by atoms with Crippen molar-refractivity contribution in [1.29, 1.82) is 0 Å². The smallest absolute Gasteiger partial charge is 0.0710 e. The molecule has 1 N–H and O–H groups in total. The van der Waals surface area contributed by atoms with Gasteiger partial charge in [0.15, 0.2) is 0 Å². The lowest BCUT2D eigenvalue weighted by molar-refractivity contribution is 0.728. The van der Waals surface area contributed by atoms with Crippen LogP contribution in [0, 0.1) is 5.92 Å². The number of hydrogen-bond donors (Lipinski definition) is 1. The molecule has 0 fully saturated rings. The maximum Gasteiger partial charge on any atom is 0.0710 e. The molecule has 8 aromatic rings. The van der Waals surface area contributed by atoms with Gasteiger partial charge in [-0.15, -0.1) is 17.1 Å². The number of allylic oxidation sites excluding steroid dienone is 3. The fourth-order valence-electron chi connectivity index (χ4n) is 7.58. The van der Waals surface area contributed by atoms with Gasteiger partial charge < -0.3 is 5.43 Å². The number of nitrogens with zero attached hydrogens (tertiary/aromatic N) is 1. The molecule has 1 unspecified atom stereocenters. The normalized spacial score (nSPS) is 13.8. The lowest BCUT2D eigenvalue weighted by atomic mass is 9.94. The highest BCUT2D eigenvalue weighted by molar-refractivity contribution is 7.20. The minimum Gasteiger partial charge on any atom is -0.301 e. The quantitative estimate of drug-likeness (QED) is 0.130. The van der Waals surface area contributed by atoms with Crippen LogP contribution in [-0.4, -0.2) is 4.68 Å². The third kappa shape index (κ3) is 5.81. The van der Waals surface area contributed by atoms with Crippen molar-refractivity contribution in [3.05, 3.63) is 186 Å². The Morgan fingerprint density at radius 1 is 0.692 bits per heavy atom. The Balaban J connectivity index is 1.01. The summed E-state index contributed by atoms with van der Waals surface area (Å²) in [6, 6.07) is 50.4. The highest BCUT2D eigenvalue weighted by Crippen LogP contribution is 2.43. The Labute approximate surface area is 309 Å². The van der Waals surface area contributed by atoms with Crippen LogP contribution in [0.15, 0.2) is 170 Å². The van der Waals surface area contributed by atoms with Gasteiger partial charge in [0.25, 0.3) is 0 Å². The van der Waals surface area contributed by atoms with Crippen molar-refractivity contribution in [3.8, 4) is 33.4 Å². The van der Waals surface area contributed by atoms with Gasteiger partial charge in [0.2, 0.25) is 0 Å². The summed E-state index contributed by atoms with van der Waals surface area (Å²) in [5.74, 6) is 0.590. The van der Waals surface area contributed by atoms with E-state index in [4.69, 9.17) is 0 Å². The van der Waals surface area contributed by atoms with E-state index >= 15 is 0 Å². The van der Waals surface area contributed by atoms with Crippen LogP contribution in [0.3, 0.4) is 0 Å². The second-order valence-corrected chi connectivity index (χ2v) is 14.7. The number of hydrogen-bond acceptors (Lipinski definition) is 2. The highest BCUT2D eigenvalue weighted by Gasteiger charge is 2.19. The number of aromatic nitrogens is 1. The molecular weight excluding hydrogens is 649 g/mol. The summed E-state index contributed by atoms with van der Waals surface area (Å²) in [5.41, 5.74) is 20.3. The minimum absolute atomic E-state index is 0.590. The first-order valence-corrected chi connectivity index (χ1v) is 18.8. The average molecular weight is 687 g/mol. The zero-order valence-electron chi connectivity index (χ0n) is 29.3. The fraction of sp³-hybridized carbons (Fsp3) is 0.0816. The Morgan fingerprint density at radius 2 is 1.38 bits per heavy atom. The van der Waals surface area contributed by atoms with Crippen molar-refractivity contribution in [2.45, 2.75) is 20.3 Å². The van der Waals surface area contributed by atoms with Crippen molar-refractivity contribution in [1.82, 2.24) is 4.68 Å². The summed E-state index contributed by atoms with van der Waals surface area (Å²) in [6.45, 7) is 4.32. The molecule has 9 rings (SSSR count). The Bertz CT molecular complexity index is 2730. The lowest BCUT2D eigenvalue weighted by Crippen LogP contribution is -2.07. The average Bonchev–Trinajstić information content (AvgIpc) is 3.72. The number of nitrogens with one attached hydrogen (secondary N) is 1. The summed E-state index contributed by atoms with van der Waals surface area (Å²) in [4.78, 5) is 1.50. The molecule has 1 aliphatic carbocycles. The minimum atomic E-state index is 0.590. The number of para-hydroxylation sites is 1. The van der Waals surface area contributed by atoms with Gasteiger partial charge in [-0.2, -0.15) is 0 Å². The second-order valence-electron chi connectivity index (χ2n) is 13.6. The largest absolute Gasteiger partial charge is 0.301 e. The molecule has 2 heterocycles. The van der Waals surface area contributed by atoms with E-state index in [-0.39, 0.29) is 0 Å². The first-order valence-electron chi connectivity index (χ1n) is 18.0. The molecule has 0 saturated heterocycles. The maximum absolute atomic E-state index is 3.61. The maximum atomic E-state index is 3.61. The van der Waals surface area contributed by atoms with E-state index < -0.39 is 0 Å². The molecule has 250 valence electrons. The van der Waals surface area contributed by atoms with Gasteiger partial charge in [0.1, 0.15) is 0 Å². The Morgan fingerprint density at radius 3 is 2.21 bits per heavy atom. The van der Waals surface area contributed by atoms with Crippen LogP contribution in [0.2, 0.25) is 0 Å². The van der Waals surface area contributed by atoms with Crippen molar-refractivity contribution in [2.75, 3.05) is 5.43 Å². The van der Waals surface area contributed by atoms with E-state index in [1.165, 1.54) is 64.7 Å². The first kappa shape index (κ1) is 31.8. The predicted octanol–water partition coefficient (Wildman–Crippen LogP) is 13.5. The standard InChI is InChI=1S/C49H38N2S/c1-3-11-34(36-21-23-37(24-22-36)39-15-9-14-38(31-39)35-12-5-4-6-13-35)28-29-50-51-46-19-8-7-16-42(46)45-32-40(25-27-47(45)51)41-17-10-18-44-43-26-20-33(2)30-48(43)52-49(41)44/h3-10,12-29,31-33,50H,30H2,1-2H3/b29-28-. The van der Waals surface area contributed by atoms with Crippen molar-refractivity contribution in [3.63, 3.8) is 0 Å². The lowest BCUT2D eigenvalue weighted by Gasteiger charge is -2.10. The van der Waals surface area contributed by atoms with E-state index in [9.17, 15) is 0 Å². The number of fused-ring (bicyclic) bond motifs is 6. The van der Waals surface area contributed by atoms with Gasteiger partial charge in [0, 0.05) is 37.5 Å². The van der Waals surface area contributed by atoms with Crippen LogP contribution in [0.1, 0.15) is 29.9 Å². The zero-order valence-corrected chi connectivity index (χ0v) is 30.1. The summed E-state index contributed by atoms with van der Waals surface area (Å²) in [7, 11) is 0. The summed E-state index contributed by atoms with van der Waals surface area (Å²) < 4.78 is 3.57. The second kappa shape index (κ2) is 13.5. The van der Waals surface area contributed by atoms with E-state index in [0.29, 0.717) is 5.92 Å². The third-order valence-corrected chi connectivity index (χ3v) is 11.4. The van der Waals surface area contributed by atoms with Crippen molar-refractivity contribution >= 4 is 54.9 Å². The van der Waals surface area contributed by atoms with E-state index in [1.807, 2.05) is 30.5 Å². The summed E-state index contributed by atoms with van der Waals surface area (Å²) in [5, 5.41) is 3.83. The van der Waals surface area contributed by atoms with Gasteiger partial charge in [-0.25, -0.2) is 0 Å². The number of rotatable bonds is 7. The molecule has 0 spiro atoms. The fourth-order valence-corrected chi connectivity index (χ4v) is 9.04. The van der Waals surface area contributed by atoms with Crippen molar-refractivity contribution in [2.24, 2.45) is 5.92 Å². The SMILES string of the molecule is CC=C=C(/C=C\Nn1c2ccccc2c2cc(-c3cccc4c5c(sc34)CC(C)C=C5)ccc21)c1ccc(-c2cccc(-c3ccccc3)c2)cc1. The van der Waals surface area contributed by atoms with Gasteiger partial charge in [-0.3, -0.25) is 4.68 Å². The van der Waals surface area contributed by atoms with E-state index in [0.717, 1.165) is 28.6 Å². The molecule has 0 saturated carbocycles. The monoisotopic (exact) mass is 686 g/mol. The summed E-state index contributed by atoms with van der Waals surface area (Å²) >= 11 is 1.97. The molecular formula is C49H38N2S. The Hall–Kier alpha value is -6.12. The first-order chi connectivity index (χ1) is 25.6. The molecule has 1 atom stereocenters. The topological polar surface area (TPSA) is 17.0 Å². The van der Waals surface area contributed by atoms with E-state index in [2.05, 4.69) is 181 Å². The highest BCUT2D eigenvalue weighted by atomic mass is 32.1. The summed E-state index contributed by atoms with van der Waals surface area (Å²) in [6.07, 6.45) is 11.9. The van der Waals surface area contributed by atoms with Crippen LogP contribution in [-0.2, 0) is 6.42 Å². The van der Waals surface area contributed by atoms with Gasteiger partial charge in [-0.1, -0.05) is 134 Å². The number of benzene rings is 6. The molecule has 0 aliphatic heterocycles. The molecule has 3 heteroatoms. The van der Waals surface area contributed by atoms with Crippen LogP contribution in [0.25, 0.3) is 76.9 Å². The molecule has 0 radical (unpaired) electrons. The molecule has 1 aliphatic rings. The van der Waals surface area contributed by atoms with Crippen LogP contribution in [0.5, 0.6) is 0 Å². The van der Waals surface area contributed by atoms with Crippen LogP contribution in [0.4, 0.5) is 0 Å². The third-order valence-electron chi connectivity index (χ3n) is 10.2. The van der Waals surface area contributed by atoms with Crippen molar-refractivity contribution < 1.29 is 0 Å². The molecule has 6 aromatic carbocycles. The Kier molecular flexibility index (Phi) is 8.29. The van der Waals surface area contributed by atoms with Gasteiger partial charge in [0.05, 0.1) is 11.0 Å². The van der Waals surface area contributed by atoms with Gasteiger partial charge in [-0.05, 0) is 100 Å². The molecule has 0 bridgehead atoms. The molecule has 52 heavy (non-hydrogen) atoms. The van der Waals surface area contributed by atoms with Crippen LogP contribution >= 0.6 is 11.3 Å². The zero-order chi connectivity index (χ0) is 35.0. The van der Waals surface area contributed by atoms with E-state index in [1.54, 1.807) is 0 Å². The molecule has 2 aromatic heterocycles. The van der Waals surface area contributed by atoms with Gasteiger partial charge >= 0.3 is 0 Å². The molecule has 0 amide bonds. The molecule has 2 nitrogen and oxygen atoms in total. The van der Waals surface area contributed by atoms with Crippen LogP contribution < -0.4 is 5.43 Å².